The van der Waals surface area contributed by atoms with E-state index in [2.05, 4.69) is 54.5 Å². The second-order valence-corrected chi connectivity index (χ2v) is 30.4. The minimum absolute atomic E-state index is 0.0870. The summed E-state index contributed by atoms with van der Waals surface area (Å²) in [5.41, 5.74) is -5.42. The average Bonchev–Trinajstić information content (AvgIpc) is 0.803. The Morgan fingerprint density at radius 3 is 1.79 bits per heavy atom. The number of esters is 1. The van der Waals surface area contributed by atoms with Gasteiger partial charge in [0.1, 0.15) is 103 Å². The Bertz CT molecular complexity index is 2560. The van der Waals surface area contributed by atoms with Gasteiger partial charge in [-0.05, 0) is 116 Å². The van der Waals surface area contributed by atoms with Crippen LogP contribution in [0.1, 0.15) is 120 Å². The highest BCUT2D eigenvalue weighted by atomic mass is 16.8. The van der Waals surface area contributed by atoms with Gasteiger partial charge in [-0.2, -0.15) is 0 Å². The Balaban J connectivity index is 0.780. The Morgan fingerprint density at radius 1 is 0.567 bits per heavy atom. The topological polar surface area (TPSA) is 431 Å². The summed E-state index contributed by atoms with van der Waals surface area (Å²) >= 11 is 0. The average molecular weight is 1290 g/mol. The van der Waals surface area contributed by atoms with Crippen LogP contribution >= 0.6 is 0 Å². The lowest BCUT2D eigenvalue weighted by molar-refractivity contribution is -0.381. The van der Waals surface area contributed by atoms with Crippen LogP contribution in [0, 0.1) is 50.2 Å². The molecule has 11 aliphatic rings. The summed E-state index contributed by atoms with van der Waals surface area (Å²) in [6, 6.07) is 0. The third kappa shape index (κ3) is 11.5. The van der Waals surface area contributed by atoms with Gasteiger partial charge in [0.15, 0.2) is 31.5 Å². The first-order valence-corrected chi connectivity index (χ1v) is 32.2. The van der Waals surface area contributed by atoms with Crippen LogP contribution in [0.3, 0.4) is 0 Å². The van der Waals surface area contributed by atoms with Gasteiger partial charge in [-0.1, -0.05) is 60.1 Å². The van der Waals surface area contributed by atoms with Gasteiger partial charge < -0.3 is 133 Å². The van der Waals surface area contributed by atoms with Crippen LogP contribution in [-0.4, -0.2) is 282 Å². The van der Waals surface area contributed by atoms with Gasteiger partial charge in [-0.15, -0.1) is 0 Å². The van der Waals surface area contributed by atoms with Gasteiger partial charge in [0.25, 0.3) is 0 Å². The second-order valence-electron chi connectivity index (χ2n) is 30.4. The molecule has 6 saturated heterocycles. The Hall–Kier alpha value is -1.83. The fourth-order valence-corrected chi connectivity index (χ4v) is 18.3. The lowest BCUT2D eigenvalue weighted by atomic mass is 9.33. The maximum Gasteiger partial charge on any atom is 0.315 e. The molecule has 28 nitrogen and oxygen atoms in total. The molecule has 0 amide bonds. The minimum atomic E-state index is -2.15. The predicted octanol–water partition coefficient (Wildman–Crippen LogP) is -2.80. The normalized spacial score (nSPS) is 54.2. The molecule has 0 spiro atoms. The van der Waals surface area contributed by atoms with E-state index in [1.807, 2.05) is 0 Å². The molecule has 4 saturated carbocycles. The molecule has 0 bridgehead atoms. The van der Waals surface area contributed by atoms with Crippen molar-refractivity contribution >= 4 is 5.97 Å². The molecular formula is C62H100O28. The molecule has 0 aromatic carbocycles. The first-order valence-electron chi connectivity index (χ1n) is 32.2. The molecule has 15 N–H and O–H groups in total. The number of rotatable bonds is 15. The number of ether oxygens (including phenoxy) is 12. The molecule has 0 aromatic rings. The number of aliphatic hydroxyl groups is 15. The van der Waals surface area contributed by atoms with Crippen molar-refractivity contribution < 1.29 is 138 Å². The molecular weight excluding hydrogens is 1190 g/mol. The Morgan fingerprint density at radius 2 is 1.16 bits per heavy atom. The van der Waals surface area contributed by atoms with Crippen LogP contribution in [0.2, 0.25) is 0 Å². The third-order valence-electron chi connectivity index (χ3n) is 24.3. The van der Waals surface area contributed by atoms with E-state index in [-0.39, 0.29) is 52.6 Å². The van der Waals surface area contributed by atoms with Gasteiger partial charge in [0.05, 0.1) is 63.9 Å². The number of fused-ring (bicyclic) bond motifs is 7. The van der Waals surface area contributed by atoms with E-state index in [4.69, 9.17) is 56.8 Å². The van der Waals surface area contributed by atoms with Crippen LogP contribution in [0.25, 0.3) is 0 Å². The quantitative estimate of drug-likeness (QED) is 0.0447. The van der Waals surface area contributed by atoms with Crippen molar-refractivity contribution in [2.75, 3.05) is 46.2 Å². The highest BCUT2D eigenvalue weighted by Crippen LogP contribution is 2.76. The number of carbonyl (C=O) groups excluding carboxylic acids is 1. The van der Waals surface area contributed by atoms with E-state index >= 15 is 4.79 Å². The van der Waals surface area contributed by atoms with Crippen molar-refractivity contribution in [2.45, 2.75) is 272 Å². The summed E-state index contributed by atoms with van der Waals surface area (Å²) in [4.78, 5) is 15.0. The maximum atomic E-state index is 15.0. The molecule has 5 aliphatic carbocycles. The maximum absolute atomic E-state index is 15.0. The van der Waals surface area contributed by atoms with E-state index in [9.17, 15) is 76.6 Å². The molecule has 32 atom stereocenters. The van der Waals surface area contributed by atoms with E-state index in [1.54, 1.807) is 0 Å². The van der Waals surface area contributed by atoms with Gasteiger partial charge in [0.2, 0.25) is 6.29 Å². The molecule has 27 unspecified atom stereocenters. The monoisotopic (exact) mass is 1290 g/mol. The molecule has 10 fully saturated rings. The largest absolute Gasteiger partial charge is 0.432 e. The molecule has 11 rings (SSSR count). The highest BCUT2D eigenvalue weighted by Gasteiger charge is 2.71. The van der Waals surface area contributed by atoms with Gasteiger partial charge in [-0.3, -0.25) is 4.79 Å². The van der Waals surface area contributed by atoms with Crippen molar-refractivity contribution in [3.05, 3.63) is 11.6 Å². The first kappa shape index (κ1) is 69.5. The van der Waals surface area contributed by atoms with E-state index in [0.29, 0.717) is 25.7 Å². The number of aliphatic hydroxyl groups excluding tert-OH is 13. The van der Waals surface area contributed by atoms with Gasteiger partial charge in [-0.25, -0.2) is 0 Å². The zero-order chi connectivity index (χ0) is 65.4. The number of allylic oxidation sites excluding steroid dienone is 2. The summed E-state index contributed by atoms with van der Waals surface area (Å²) in [7, 11) is 0. The summed E-state index contributed by atoms with van der Waals surface area (Å²) in [6.07, 6.45) is -26.1. The number of hydrogen-bond donors (Lipinski definition) is 15. The molecule has 6 aliphatic heterocycles. The van der Waals surface area contributed by atoms with Crippen LogP contribution in [-0.2, 0) is 61.6 Å². The lowest BCUT2D eigenvalue weighted by Crippen LogP contribution is -2.67. The first-order chi connectivity index (χ1) is 42.2. The zero-order valence-electron chi connectivity index (χ0n) is 52.6. The summed E-state index contributed by atoms with van der Waals surface area (Å²) in [5.74, 6) is -0.417. The molecule has 28 heteroatoms. The zero-order valence-corrected chi connectivity index (χ0v) is 52.6. The van der Waals surface area contributed by atoms with Crippen molar-refractivity contribution in [3.8, 4) is 0 Å². The molecule has 6 heterocycles. The molecule has 0 aromatic heterocycles. The van der Waals surface area contributed by atoms with Crippen molar-refractivity contribution in [1.29, 1.82) is 0 Å². The summed E-state index contributed by atoms with van der Waals surface area (Å²) < 4.78 is 71.6. The van der Waals surface area contributed by atoms with Crippen molar-refractivity contribution in [1.82, 2.24) is 0 Å². The second kappa shape index (κ2) is 25.2. The van der Waals surface area contributed by atoms with Gasteiger partial charge in [0, 0.05) is 0 Å². The predicted molar refractivity (Wildman–Crippen MR) is 303 cm³/mol. The number of carbonyl (C=O) groups is 1. The highest BCUT2D eigenvalue weighted by molar-refractivity contribution is 5.79. The fraction of sp³-hybridized carbons (Fsp3) is 0.952. The van der Waals surface area contributed by atoms with Crippen molar-refractivity contribution in [3.63, 3.8) is 0 Å². The molecule has 0 radical (unpaired) electrons. The van der Waals surface area contributed by atoms with Gasteiger partial charge >= 0.3 is 5.97 Å². The van der Waals surface area contributed by atoms with E-state index in [1.165, 1.54) is 12.5 Å². The Labute approximate surface area is 523 Å². The Kier molecular flexibility index (Phi) is 19.5. The standard InChI is InChI=1S/C62H100O28/c1-27-43(87-52-46(74)61(77,23-64)25-81-52)45(89-53-47(75)62(78,24-65)26-82-53)42(73)50(83-27)88-44-38(69)31(20-63)84-51(41(44)72)86-35-12-13-57(6)33(56(35,4)5)11-14-59(8)34(57)10-9-28-29-19-55(2,3)15-17-60(29,18-16-58(28,59)7)54(76)90-49-40(71)37(68)32(22-80-49)85-48-39(70)36(67)30(66)21-79-48/h9,27,29-53,63-75,77-78H,10-26H2,1-8H3/t27?,29?,30?,31?,32?,33?,34?,35-,36?,37?,38?,39?,40?,41?,42?,43?,44?,45?,46?,47?,48?,49?,50?,51?,52?,53?,57-,58+,59+,60-,61?,62?/m0/s1. The molecule has 516 valence electrons. The van der Waals surface area contributed by atoms with Crippen LogP contribution in [0.15, 0.2) is 11.6 Å². The fourth-order valence-electron chi connectivity index (χ4n) is 18.3. The van der Waals surface area contributed by atoms with Crippen LogP contribution in [0.4, 0.5) is 0 Å². The van der Waals surface area contributed by atoms with Crippen molar-refractivity contribution in [2.24, 2.45) is 50.2 Å². The van der Waals surface area contributed by atoms with Crippen LogP contribution < -0.4 is 0 Å². The smallest absolute Gasteiger partial charge is 0.315 e. The number of hydrogen-bond acceptors (Lipinski definition) is 28. The third-order valence-corrected chi connectivity index (χ3v) is 24.3. The van der Waals surface area contributed by atoms with E-state index in [0.717, 1.165) is 38.5 Å². The SMILES string of the molecule is CC1OC(OC2C(O)C(CO)OC(O[C@H]3CC[C@@]4(C)C(CC[C@]5(C)C4CC=C4C6CC(C)(C)CC[C@]6(C(=O)OC6OCC(OC7OCC(O)C(O)C7O)C(O)C6O)CC[C@]45C)C3(C)C)C2O)C(O)C(OC2OCC(O)(CO)C2O)C1OC1OCC(O)(CO)C1O. The minimum Gasteiger partial charge on any atom is -0.432 e. The lowest BCUT2D eigenvalue weighted by Gasteiger charge is -2.71. The van der Waals surface area contributed by atoms with E-state index < -0.39 is 203 Å². The van der Waals surface area contributed by atoms with Crippen LogP contribution in [0.5, 0.6) is 0 Å². The summed E-state index contributed by atoms with van der Waals surface area (Å²) in [5, 5.41) is 163. The summed E-state index contributed by atoms with van der Waals surface area (Å²) in [6.45, 7) is 13.1. The molecule has 90 heavy (non-hydrogen) atoms.